The van der Waals surface area contributed by atoms with E-state index in [1.54, 1.807) is 0 Å². The Morgan fingerprint density at radius 3 is 1.77 bits per heavy atom. The summed E-state index contributed by atoms with van der Waals surface area (Å²) in [7, 11) is 0. The smallest absolute Gasteiger partial charge is 0.0805 e. The normalized spacial score (nSPS) is 16.2. The van der Waals surface area contributed by atoms with Crippen molar-refractivity contribution in [3.8, 4) is 0 Å². The van der Waals surface area contributed by atoms with E-state index in [0.29, 0.717) is 0 Å². The molecule has 0 amide bonds. The number of aliphatic hydroxyl groups is 1. The minimum Gasteiger partial charge on any atom is -0.394 e. The maximum Gasteiger partial charge on any atom is 0.0805 e. The van der Waals surface area contributed by atoms with E-state index in [4.69, 9.17) is 4.74 Å². The molecule has 0 spiro atoms. The lowest BCUT2D eigenvalue weighted by atomic mass is 9.93. The highest BCUT2D eigenvalue weighted by Crippen LogP contribution is 2.19. The Balaban J connectivity index is 3.65. The van der Waals surface area contributed by atoms with E-state index in [-0.39, 0.29) is 12.7 Å². The predicted octanol–water partition coefficient (Wildman–Crippen LogP) is 5.68. The Morgan fingerprint density at radius 2 is 1.27 bits per heavy atom. The monoisotopic (exact) mass is 314 g/mol. The zero-order chi connectivity index (χ0) is 17.0. The Kier molecular flexibility index (Phi) is 13.3. The van der Waals surface area contributed by atoms with Gasteiger partial charge in [0.15, 0.2) is 0 Å². The fourth-order valence-corrected chi connectivity index (χ4v) is 3.39. The number of ether oxygens (including phenoxy) is 1. The average Bonchev–Trinajstić information content (AvgIpc) is 2.40. The van der Waals surface area contributed by atoms with Gasteiger partial charge in [-0.25, -0.2) is 0 Å². The van der Waals surface area contributed by atoms with Crippen LogP contribution in [0.2, 0.25) is 0 Å². The first-order chi connectivity index (χ1) is 10.3. The van der Waals surface area contributed by atoms with Crippen LogP contribution < -0.4 is 0 Å². The molecule has 0 aromatic carbocycles. The van der Waals surface area contributed by atoms with Gasteiger partial charge in [0.2, 0.25) is 0 Å². The Morgan fingerprint density at radius 1 is 0.727 bits per heavy atom. The first-order valence-electron chi connectivity index (χ1n) is 9.57. The molecule has 0 saturated heterocycles. The van der Waals surface area contributed by atoms with Crippen molar-refractivity contribution in [3.05, 3.63) is 0 Å². The minimum absolute atomic E-state index is 0.0442. The first kappa shape index (κ1) is 21.9. The van der Waals surface area contributed by atoms with Gasteiger partial charge in [0.25, 0.3) is 0 Å². The van der Waals surface area contributed by atoms with Crippen molar-refractivity contribution in [2.75, 3.05) is 13.2 Å². The van der Waals surface area contributed by atoms with Gasteiger partial charge in [-0.1, -0.05) is 54.4 Å². The summed E-state index contributed by atoms with van der Waals surface area (Å²) in [6, 6.07) is 0. The molecule has 0 aromatic heterocycles. The van der Waals surface area contributed by atoms with Gasteiger partial charge in [0, 0.05) is 6.61 Å². The van der Waals surface area contributed by atoms with E-state index >= 15 is 0 Å². The van der Waals surface area contributed by atoms with Crippen LogP contribution in [0, 0.1) is 23.7 Å². The Hall–Kier alpha value is -0.0800. The van der Waals surface area contributed by atoms with Gasteiger partial charge in [-0.15, -0.1) is 0 Å². The topological polar surface area (TPSA) is 29.5 Å². The molecule has 0 rings (SSSR count). The molecule has 0 aromatic rings. The zero-order valence-corrected chi connectivity index (χ0v) is 16.1. The lowest BCUT2D eigenvalue weighted by molar-refractivity contribution is 0.00262. The van der Waals surface area contributed by atoms with E-state index < -0.39 is 0 Å². The largest absolute Gasteiger partial charge is 0.394 e. The van der Waals surface area contributed by atoms with Gasteiger partial charge < -0.3 is 9.84 Å². The van der Waals surface area contributed by atoms with Gasteiger partial charge >= 0.3 is 0 Å². The van der Waals surface area contributed by atoms with Gasteiger partial charge in [-0.2, -0.15) is 0 Å². The SMILES string of the molecule is CC(C)CC(C)CCCCOC(CO)CCC(C)CC(C)C. The number of unbranched alkanes of at least 4 members (excludes halogenated alkanes) is 1. The molecule has 0 heterocycles. The molecule has 3 unspecified atom stereocenters. The third-order valence-corrected chi connectivity index (χ3v) is 4.38. The molecule has 0 saturated carbocycles. The van der Waals surface area contributed by atoms with Crippen molar-refractivity contribution in [2.24, 2.45) is 23.7 Å². The molecule has 2 nitrogen and oxygen atoms in total. The van der Waals surface area contributed by atoms with Crippen molar-refractivity contribution >= 4 is 0 Å². The molecule has 0 aliphatic carbocycles. The molecule has 0 bridgehead atoms. The van der Waals surface area contributed by atoms with E-state index in [0.717, 1.165) is 49.5 Å². The molecule has 2 heteroatoms. The molecular formula is C20H42O2. The Labute approximate surface area is 140 Å². The lowest BCUT2D eigenvalue weighted by Crippen LogP contribution is -2.19. The average molecular weight is 315 g/mol. The van der Waals surface area contributed by atoms with E-state index in [9.17, 15) is 5.11 Å². The van der Waals surface area contributed by atoms with Crippen LogP contribution in [0.1, 0.15) is 86.5 Å². The van der Waals surface area contributed by atoms with Crippen LogP contribution in [0.3, 0.4) is 0 Å². The van der Waals surface area contributed by atoms with Crippen molar-refractivity contribution in [1.82, 2.24) is 0 Å². The molecule has 134 valence electrons. The third-order valence-electron chi connectivity index (χ3n) is 4.38. The molecule has 0 aliphatic heterocycles. The maximum atomic E-state index is 9.44. The molecule has 0 radical (unpaired) electrons. The first-order valence-corrected chi connectivity index (χ1v) is 9.57. The number of rotatable bonds is 14. The summed E-state index contributed by atoms with van der Waals surface area (Å²) in [5.41, 5.74) is 0. The van der Waals surface area contributed by atoms with Crippen LogP contribution in [0.4, 0.5) is 0 Å². The van der Waals surface area contributed by atoms with Crippen LogP contribution >= 0.6 is 0 Å². The molecule has 3 atom stereocenters. The second-order valence-electron chi connectivity index (χ2n) is 8.22. The van der Waals surface area contributed by atoms with Crippen LogP contribution in [-0.2, 0) is 4.74 Å². The standard InChI is InChI=1S/C20H42O2/c1-16(2)13-18(5)9-7-8-12-22-20(15-21)11-10-19(6)14-17(3)4/h16-21H,7-15H2,1-6H3. The van der Waals surface area contributed by atoms with Gasteiger partial charge in [-0.05, 0) is 55.8 Å². The summed E-state index contributed by atoms with van der Waals surface area (Å²) in [6.45, 7) is 14.8. The van der Waals surface area contributed by atoms with Crippen LogP contribution in [0.25, 0.3) is 0 Å². The van der Waals surface area contributed by atoms with Crippen LogP contribution in [-0.4, -0.2) is 24.4 Å². The summed E-state index contributed by atoms with van der Waals surface area (Å²) < 4.78 is 5.86. The highest BCUT2D eigenvalue weighted by Gasteiger charge is 2.12. The van der Waals surface area contributed by atoms with Crippen molar-refractivity contribution in [2.45, 2.75) is 92.6 Å². The van der Waals surface area contributed by atoms with Gasteiger partial charge in [0.1, 0.15) is 0 Å². The lowest BCUT2D eigenvalue weighted by Gasteiger charge is -2.19. The summed E-state index contributed by atoms with van der Waals surface area (Å²) in [5, 5.41) is 9.44. The quantitative estimate of drug-likeness (QED) is 0.418. The predicted molar refractivity (Wildman–Crippen MR) is 97.1 cm³/mol. The Bertz CT molecular complexity index is 238. The fraction of sp³-hybridized carbons (Fsp3) is 1.00. The number of aliphatic hydroxyl groups excluding tert-OH is 1. The fourth-order valence-electron chi connectivity index (χ4n) is 3.39. The van der Waals surface area contributed by atoms with Crippen LogP contribution in [0.5, 0.6) is 0 Å². The summed E-state index contributed by atoms with van der Waals surface area (Å²) in [5.74, 6) is 3.12. The summed E-state index contributed by atoms with van der Waals surface area (Å²) >= 11 is 0. The highest BCUT2D eigenvalue weighted by atomic mass is 16.5. The highest BCUT2D eigenvalue weighted by molar-refractivity contribution is 4.63. The van der Waals surface area contributed by atoms with Crippen molar-refractivity contribution in [1.29, 1.82) is 0 Å². The summed E-state index contributed by atoms with van der Waals surface area (Å²) in [4.78, 5) is 0. The molecule has 1 N–H and O–H groups in total. The third kappa shape index (κ3) is 13.6. The molecule has 0 aliphatic rings. The number of hydrogen-bond acceptors (Lipinski definition) is 2. The van der Waals surface area contributed by atoms with E-state index in [1.807, 2.05) is 0 Å². The molecular weight excluding hydrogens is 272 g/mol. The molecule has 0 fully saturated rings. The minimum atomic E-state index is 0.0442. The zero-order valence-electron chi connectivity index (χ0n) is 16.1. The maximum absolute atomic E-state index is 9.44. The second-order valence-corrected chi connectivity index (χ2v) is 8.22. The van der Waals surface area contributed by atoms with E-state index in [1.165, 1.54) is 25.7 Å². The van der Waals surface area contributed by atoms with Gasteiger partial charge in [0.05, 0.1) is 12.7 Å². The van der Waals surface area contributed by atoms with E-state index in [2.05, 4.69) is 41.5 Å². The van der Waals surface area contributed by atoms with Crippen molar-refractivity contribution in [3.63, 3.8) is 0 Å². The number of hydrogen-bond donors (Lipinski definition) is 1. The second kappa shape index (κ2) is 13.4. The van der Waals surface area contributed by atoms with Crippen molar-refractivity contribution < 1.29 is 9.84 Å². The van der Waals surface area contributed by atoms with Crippen LogP contribution in [0.15, 0.2) is 0 Å². The van der Waals surface area contributed by atoms with Gasteiger partial charge in [-0.3, -0.25) is 0 Å². The summed E-state index contributed by atoms with van der Waals surface area (Å²) in [6.07, 6.45) is 8.47. The molecule has 22 heavy (non-hydrogen) atoms.